The van der Waals surface area contributed by atoms with Gasteiger partial charge in [-0.3, -0.25) is 5.32 Å². The molecule has 0 spiro atoms. The second kappa shape index (κ2) is 5.31. The fourth-order valence-corrected chi connectivity index (χ4v) is 1.47. The molecule has 6 nitrogen and oxygen atoms in total. The SMILES string of the molecule is Cc1ccc(C(C)NC(=O)Nc2cccnn2)o1. The van der Waals surface area contributed by atoms with Crippen LogP contribution in [0.4, 0.5) is 10.6 Å². The first-order valence-electron chi connectivity index (χ1n) is 5.56. The van der Waals surface area contributed by atoms with Gasteiger partial charge in [-0.2, -0.15) is 5.10 Å². The Balaban J connectivity index is 1.92. The van der Waals surface area contributed by atoms with E-state index in [4.69, 9.17) is 4.42 Å². The minimum atomic E-state index is -0.350. The highest BCUT2D eigenvalue weighted by molar-refractivity contribution is 5.88. The zero-order valence-electron chi connectivity index (χ0n) is 10.2. The molecule has 0 bridgehead atoms. The summed E-state index contributed by atoms with van der Waals surface area (Å²) in [5.41, 5.74) is 0. The predicted octanol–water partition coefficient (Wildman–Crippen LogP) is 2.26. The molecule has 2 aromatic heterocycles. The van der Waals surface area contributed by atoms with E-state index in [9.17, 15) is 4.79 Å². The number of aromatic nitrogens is 2. The fourth-order valence-electron chi connectivity index (χ4n) is 1.47. The van der Waals surface area contributed by atoms with Gasteiger partial charge in [0, 0.05) is 6.20 Å². The minimum absolute atomic E-state index is 0.213. The Kier molecular flexibility index (Phi) is 3.57. The number of amides is 2. The van der Waals surface area contributed by atoms with Crippen molar-refractivity contribution in [3.05, 3.63) is 42.0 Å². The molecule has 1 atom stereocenters. The number of anilines is 1. The molecule has 0 aliphatic heterocycles. The maximum atomic E-state index is 11.7. The quantitative estimate of drug-likeness (QED) is 0.870. The zero-order valence-corrected chi connectivity index (χ0v) is 10.2. The van der Waals surface area contributed by atoms with Crippen LogP contribution in [-0.4, -0.2) is 16.2 Å². The van der Waals surface area contributed by atoms with Gasteiger partial charge >= 0.3 is 6.03 Å². The van der Waals surface area contributed by atoms with Gasteiger partial charge in [0.2, 0.25) is 0 Å². The summed E-state index contributed by atoms with van der Waals surface area (Å²) in [6.45, 7) is 3.70. The number of carbonyl (C=O) groups excluding carboxylic acids is 1. The lowest BCUT2D eigenvalue weighted by molar-refractivity contribution is 0.247. The van der Waals surface area contributed by atoms with Gasteiger partial charge in [-0.1, -0.05) is 0 Å². The molecule has 2 rings (SSSR count). The van der Waals surface area contributed by atoms with E-state index in [0.29, 0.717) is 11.6 Å². The average molecular weight is 246 g/mol. The van der Waals surface area contributed by atoms with Crippen molar-refractivity contribution in [3.8, 4) is 0 Å². The first-order chi connectivity index (χ1) is 8.65. The second-order valence-electron chi connectivity index (χ2n) is 3.88. The van der Waals surface area contributed by atoms with Crippen molar-refractivity contribution in [2.24, 2.45) is 0 Å². The van der Waals surface area contributed by atoms with Crippen molar-refractivity contribution < 1.29 is 9.21 Å². The van der Waals surface area contributed by atoms with Crippen molar-refractivity contribution >= 4 is 11.8 Å². The van der Waals surface area contributed by atoms with Gasteiger partial charge in [0.1, 0.15) is 11.5 Å². The molecule has 0 fully saturated rings. The molecule has 0 aliphatic rings. The van der Waals surface area contributed by atoms with Crippen LogP contribution >= 0.6 is 0 Å². The third-order valence-electron chi connectivity index (χ3n) is 2.35. The maximum Gasteiger partial charge on any atom is 0.321 e. The number of nitrogens with one attached hydrogen (secondary N) is 2. The van der Waals surface area contributed by atoms with Crippen molar-refractivity contribution in [1.29, 1.82) is 0 Å². The summed E-state index contributed by atoms with van der Waals surface area (Å²) in [6.07, 6.45) is 1.54. The Morgan fingerprint density at radius 1 is 1.39 bits per heavy atom. The van der Waals surface area contributed by atoms with E-state index >= 15 is 0 Å². The molecule has 0 saturated carbocycles. The zero-order chi connectivity index (χ0) is 13.0. The molecule has 2 N–H and O–H groups in total. The lowest BCUT2D eigenvalue weighted by Crippen LogP contribution is -2.31. The normalized spacial score (nSPS) is 11.9. The van der Waals surface area contributed by atoms with Gasteiger partial charge in [0.25, 0.3) is 0 Å². The molecule has 0 aliphatic carbocycles. The molecule has 0 aromatic carbocycles. The van der Waals surface area contributed by atoms with Crippen LogP contribution in [0.15, 0.2) is 34.9 Å². The summed E-state index contributed by atoms with van der Waals surface area (Å²) in [5, 5.41) is 12.8. The summed E-state index contributed by atoms with van der Waals surface area (Å²) >= 11 is 0. The first-order valence-corrected chi connectivity index (χ1v) is 5.56. The van der Waals surface area contributed by atoms with Crippen molar-refractivity contribution in [3.63, 3.8) is 0 Å². The molecule has 2 amide bonds. The van der Waals surface area contributed by atoms with Gasteiger partial charge in [0.15, 0.2) is 5.82 Å². The van der Waals surface area contributed by atoms with Gasteiger partial charge in [-0.25, -0.2) is 4.79 Å². The molecule has 18 heavy (non-hydrogen) atoms. The van der Waals surface area contributed by atoms with E-state index in [1.807, 2.05) is 26.0 Å². The lowest BCUT2D eigenvalue weighted by Gasteiger charge is -2.11. The fraction of sp³-hybridized carbons (Fsp3) is 0.250. The second-order valence-corrected chi connectivity index (χ2v) is 3.88. The highest BCUT2D eigenvalue weighted by atomic mass is 16.3. The molecule has 0 radical (unpaired) electrons. The molecule has 1 unspecified atom stereocenters. The average Bonchev–Trinajstić information content (AvgIpc) is 2.77. The van der Waals surface area contributed by atoms with Crippen LogP contribution in [0.3, 0.4) is 0 Å². The minimum Gasteiger partial charge on any atom is -0.464 e. The Labute approximate surface area is 104 Å². The number of furan rings is 1. The Morgan fingerprint density at radius 2 is 2.22 bits per heavy atom. The monoisotopic (exact) mass is 246 g/mol. The van der Waals surface area contributed by atoms with Crippen molar-refractivity contribution in [2.75, 3.05) is 5.32 Å². The summed E-state index contributed by atoms with van der Waals surface area (Å²) in [6, 6.07) is 6.49. The third-order valence-corrected chi connectivity index (χ3v) is 2.35. The van der Waals surface area contributed by atoms with Gasteiger partial charge < -0.3 is 9.73 Å². The van der Waals surface area contributed by atoms with E-state index in [1.54, 1.807) is 12.1 Å². The lowest BCUT2D eigenvalue weighted by atomic mass is 10.2. The third kappa shape index (κ3) is 3.07. The van der Waals surface area contributed by atoms with Crippen LogP contribution < -0.4 is 10.6 Å². The van der Waals surface area contributed by atoms with Gasteiger partial charge in [-0.15, -0.1) is 5.10 Å². The van der Waals surface area contributed by atoms with E-state index in [-0.39, 0.29) is 12.1 Å². The highest BCUT2D eigenvalue weighted by Gasteiger charge is 2.12. The highest BCUT2D eigenvalue weighted by Crippen LogP contribution is 2.15. The first kappa shape index (κ1) is 12.1. The van der Waals surface area contributed by atoms with E-state index in [2.05, 4.69) is 20.8 Å². The van der Waals surface area contributed by atoms with Crippen LogP contribution in [0, 0.1) is 6.92 Å². The van der Waals surface area contributed by atoms with Crippen LogP contribution in [0.1, 0.15) is 24.5 Å². The number of rotatable bonds is 3. The standard InChI is InChI=1S/C12H14N4O2/c1-8-5-6-10(18-8)9(2)14-12(17)15-11-4-3-7-13-16-11/h3-7,9H,1-2H3,(H2,14,15,16,17). The molecular weight excluding hydrogens is 232 g/mol. The van der Waals surface area contributed by atoms with Crippen LogP contribution in [0.5, 0.6) is 0 Å². The smallest absolute Gasteiger partial charge is 0.321 e. The van der Waals surface area contributed by atoms with Crippen molar-refractivity contribution in [2.45, 2.75) is 19.9 Å². The van der Waals surface area contributed by atoms with E-state index < -0.39 is 0 Å². The van der Waals surface area contributed by atoms with E-state index in [1.165, 1.54) is 6.20 Å². The molecule has 94 valence electrons. The number of aryl methyl sites for hydroxylation is 1. The predicted molar refractivity (Wildman–Crippen MR) is 66.0 cm³/mol. The number of hydrogen-bond acceptors (Lipinski definition) is 4. The Bertz CT molecular complexity index is 524. The number of nitrogens with zero attached hydrogens (tertiary/aromatic N) is 2. The molecule has 2 aromatic rings. The molecular formula is C12H14N4O2. The topological polar surface area (TPSA) is 80.0 Å². The van der Waals surface area contributed by atoms with Crippen LogP contribution in [0.25, 0.3) is 0 Å². The van der Waals surface area contributed by atoms with Crippen LogP contribution in [-0.2, 0) is 0 Å². The van der Waals surface area contributed by atoms with Crippen molar-refractivity contribution in [1.82, 2.24) is 15.5 Å². The number of carbonyl (C=O) groups is 1. The summed E-state index contributed by atoms with van der Waals surface area (Å²) in [4.78, 5) is 11.7. The summed E-state index contributed by atoms with van der Waals surface area (Å²) < 4.78 is 5.43. The van der Waals surface area contributed by atoms with Gasteiger partial charge in [0.05, 0.1) is 6.04 Å². The number of hydrogen-bond donors (Lipinski definition) is 2. The van der Waals surface area contributed by atoms with Gasteiger partial charge in [-0.05, 0) is 38.1 Å². The Morgan fingerprint density at radius 3 is 2.83 bits per heavy atom. The Hall–Kier alpha value is -2.37. The molecule has 2 heterocycles. The number of urea groups is 1. The summed E-state index contributed by atoms with van der Waals surface area (Å²) in [7, 11) is 0. The molecule has 0 saturated heterocycles. The molecule has 6 heteroatoms. The maximum absolute atomic E-state index is 11.7. The van der Waals surface area contributed by atoms with E-state index in [0.717, 1.165) is 5.76 Å². The van der Waals surface area contributed by atoms with Crippen LogP contribution in [0.2, 0.25) is 0 Å². The summed E-state index contributed by atoms with van der Waals surface area (Å²) in [5.74, 6) is 1.92. The largest absolute Gasteiger partial charge is 0.464 e.